The quantitative estimate of drug-likeness (QED) is 0.252. The fourth-order valence-electron chi connectivity index (χ4n) is 4.24. The molecule has 1 unspecified atom stereocenters. The van der Waals surface area contributed by atoms with Crippen LogP contribution in [0.3, 0.4) is 0 Å². The molecular weight excluding hydrogens is 519 g/mol. The van der Waals surface area contributed by atoms with E-state index < -0.39 is 26.8 Å². The first-order valence-corrected chi connectivity index (χ1v) is 13.5. The molecule has 10 heteroatoms. The van der Waals surface area contributed by atoms with Gasteiger partial charge >= 0.3 is 16.3 Å². The highest BCUT2D eigenvalue weighted by Crippen LogP contribution is 2.31. The van der Waals surface area contributed by atoms with E-state index in [1.54, 1.807) is 29.2 Å². The van der Waals surface area contributed by atoms with E-state index in [9.17, 15) is 26.4 Å². The van der Waals surface area contributed by atoms with E-state index in [4.69, 9.17) is 8.60 Å². The summed E-state index contributed by atoms with van der Waals surface area (Å²) in [7, 11) is -4.49. The van der Waals surface area contributed by atoms with Gasteiger partial charge in [0.2, 0.25) is 5.91 Å². The molecule has 3 aromatic rings. The van der Waals surface area contributed by atoms with E-state index in [1.807, 2.05) is 6.92 Å². The van der Waals surface area contributed by atoms with Crippen molar-refractivity contribution in [3.05, 3.63) is 83.8 Å². The second-order valence-corrected chi connectivity index (χ2v) is 12.2. The minimum atomic E-state index is -4.68. The molecule has 6 nitrogen and oxygen atoms in total. The molecule has 0 aliphatic heterocycles. The highest BCUT2D eigenvalue weighted by Gasteiger charge is 2.32. The van der Waals surface area contributed by atoms with Crippen LogP contribution in [-0.2, 0) is 34.2 Å². The smallest absolute Gasteiger partial charge is 0.416 e. The number of amides is 1. The Labute approximate surface area is 221 Å². The van der Waals surface area contributed by atoms with Gasteiger partial charge in [-0.3, -0.25) is 4.79 Å². The Morgan fingerprint density at radius 1 is 1.00 bits per heavy atom. The van der Waals surface area contributed by atoms with Crippen molar-refractivity contribution in [2.45, 2.75) is 64.7 Å². The zero-order chi connectivity index (χ0) is 28.1. The number of carbonyl (C=O) groups excluding carboxylic acids is 1. The molecule has 0 saturated carbocycles. The number of nitrogens with zero attached hydrogens (tertiary/aromatic N) is 1. The molecule has 0 spiro atoms. The first-order chi connectivity index (χ1) is 17.6. The van der Waals surface area contributed by atoms with E-state index in [0.29, 0.717) is 18.2 Å². The number of halogens is 3. The van der Waals surface area contributed by atoms with Crippen LogP contribution in [0.15, 0.2) is 76.2 Å². The third kappa shape index (κ3) is 8.65. The highest BCUT2D eigenvalue weighted by molar-refractivity contribution is 7.87. The lowest BCUT2D eigenvalue weighted by Gasteiger charge is -2.27. The van der Waals surface area contributed by atoms with Gasteiger partial charge in [0.15, 0.2) is 0 Å². The summed E-state index contributed by atoms with van der Waals surface area (Å²) < 4.78 is 74.5. The molecular formula is C28H32F3NO5S. The molecule has 1 amide bonds. The predicted molar refractivity (Wildman–Crippen MR) is 137 cm³/mol. The van der Waals surface area contributed by atoms with Crippen LogP contribution in [0.5, 0.6) is 5.75 Å². The summed E-state index contributed by atoms with van der Waals surface area (Å²) in [6.45, 7) is 8.96. The van der Waals surface area contributed by atoms with Gasteiger partial charge in [-0.25, -0.2) is 0 Å². The van der Waals surface area contributed by atoms with E-state index in [-0.39, 0.29) is 36.1 Å². The van der Waals surface area contributed by atoms with E-state index in [0.717, 1.165) is 30.2 Å². The van der Waals surface area contributed by atoms with Crippen molar-refractivity contribution in [1.82, 2.24) is 4.90 Å². The first-order valence-electron chi connectivity index (χ1n) is 12.1. The van der Waals surface area contributed by atoms with Crippen LogP contribution in [-0.4, -0.2) is 19.2 Å². The Morgan fingerprint density at radius 3 is 2.26 bits per heavy atom. The van der Waals surface area contributed by atoms with Gasteiger partial charge in [-0.05, 0) is 65.8 Å². The molecule has 0 bridgehead atoms. The molecule has 1 atom stereocenters. The predicted octanol–water partition coefficient (Wildman–Crippen LogP) is 7.06. The van der Waals surface area contributed by atoms with E-state index in [1.165, 1.54) is 18.4 Å². The summed E-state index contributed by atoms with van der Waals surface area (Å²) in [6, 6.07) is 12.9. The summed E-state index contributed by atoms with van der Waals surface area (Å²) in [5.74, 6) is 0.715. The third-order valence-electron chi connectivity index (χ3n) is 5.72. The van der Waals surface area contributed by atoms with Gasteiger partial charge in [0, 0.05) is 13.0 Å². The number of hydrogen-bond donors (Lipinski definition) is 0. The number of benzene rings is 2. The maximum Gasteiger partial charge on any atom is 0.416 e. The number of rotatable bonds is 10. The maximum absolute atomic E-state index is 13.2. The van der Waals surface area contributed by atoms with Crippen molar-refractivity contribution >= 4 is 16.0 Å². The molecule has 0 saturated heterocycles. The van der Waals surface area contributed by atoms with Gasteiger partial charge in [0.05, 0.1) is 18.4 Å². The minimum absolute atomic E-state index is 0.0365. The fraction of sp³-hybridized carbons (Fsp3) is 0.393. The second kappa shape index (κ2) is 11.6. The normalized spacial score (nSPS) is 13.2. The molecule has 2 aromatic carbocycles. The lowest BCUT2D eigenvalue weighted by Crippen LogP contribution is -2.31. The Morgan fingerprint density at radius 2 is 1.68 bits per heavy atom. The van der Waals surface area contributed by atoms with Crippen LogP contribution in [0.4, 0.5) is 13.2 Å². The fourth-order valence-corrected chi connectivity index (χ4v) is 5.22. The van der Waals surface area contributed by atoms with Crippen LogP contribution in [0.2, 0.25) is 0 Å². The Bertz CT molecular complexity index is 1310. The lowest BCUT2D eigenvalue weighted by atomic mass is 9.84. The van der Waals surface area contributed by atoms with Gasteiger partial charge < -0.3 is 13.5 Å². The van der Waals surface area contributed by atoms with E-state index in [2.05, 4.69) is 20.8 Å². The van der Waals surface area contributed by atoms with Crippen molar-refractivity contribution in [1.29, 1.82) is 0 Å². The van der Waals surface area contributed by atoms with Crippen molar-refractivity contribution in [2.24, 2.45) is 11.3 Å². The zero-order valence-corrected chi connectivity index (χ0v) is 22.6. The molecule has 0 aliphatic rings. The molecule has 0 radical (unpaired) electrons. The average Bonchev–Trinajstić information content (AvgIpc) is 3.31. The second-order valence-electron chi connectivity index (χ2n) is 10.6. The Kier molecular flexibility index (Phi) is 8.97. The molecule has 0 fully saturated rings. The van der Waals surface area contributed by atoms with Gasteiger partial charge in [-0.1, -0.05) is 45.9 Å². The molecule has 1 heterocycles. The van der Waals surface area contributed by atoms with Gasteiger partial charge in [-0.2, -0.15) is 21.6 Å². The van der Waals surface area contributed by atoms with Crippen molar-refractivity contribution < 1.29 is 35.0 Å². The van der Waals surface area contributed by atoms with Gasteiger partial charge in [-0.15, -0.1) is 0 Å². The number of carbonyl (C=O) groups is 1. The molecule has 1 aromatic heterocycles. The van der Waals surface area contributed by atoms with Crippen LogP contribution in [0.1, 0.15) is 57.4 Å². The van der Waals surface area contributed by atoms with Crippen LogP contribution in [0.25, 0.3) is 0 Å². The third-order valence-corrected chi connectivity index (χ3v) is 6.96. The molecule has 0 N–H and O–H groups in total. The van der Waals surface area contributed by atoms with Gasteiger partial charge in [0.1, 0.15) is 16.4 Å². The lowest BCUT2D eigenvalue weighted by molar-refractivity contribution is -0.137. The van der Waals surface area contributed by atoms with Crippen molar-refractivity contribution in [3.63, 3.8) is 0 Å². The average molecular weight is 552 g/mol. The monoisotopic (exact) mass is 551 g/mol. The Balaban J connectivity index is 1.72. The summed E-state index contributed by atoms with van der Waals surface area (Å²) in [5, 5.41) is 0. The summed E-state index contributed by atoms with van der Waals surface area (Å²) in [4.78, 5) is 14.3. The van der Waals surface area contributed by atoms with Crippen LogP contribution >= 0.6 is 0 Å². The SMILES string of the molecule is CC(CC(=O)N(Cc1ccc(OS(=O)(=O)c2cccc(C(F)(F)F)c2)cc1)Cc1ccco1)CC(C)(C)C. The number of hydrogen-bond acceptors (Lipinski definition) is 5. The zero-order valence-electron chi connectivity index (χ0n) is 21.8. The van der Waals surface area contributed by atoms with Crippen LogP contribution < -0.4 is 4.18 Å². The number of furan rings is 1. The topological polar surface area (TPSA) is 76.8 Å². The van der Waals surface area contributed by atoms with Crippen molar-refractivity contribution in [3.8, 4) is 5.75 Å². The minimum Gasteiger partial charge on any atom is -0.467 e. The number of alkyl halides is 3. The van der Waals surface area contributed by atoms with Crippen molar-refractivity contribution in [2.75, 3.05) is 0 Å². The molecule has 3 rings (SSSR count). The highest BCUT2D eigenvalue weighted by atomic mass is 32.2. The van der Waals surface area contributed by atoms with Gasteiger partial charge in [0.25, 0.3) is 0 Å². The largest absolute Gasteiger partial charge is 0.467 e. The first kappa shape index (κ1) is 29.3. The molecule has 38 heavy (non-hydrogen) atoms. The summed E-state index contributed by atoms with van der Waals surface area (Å²) in [6.07, 6.45) is -1.89. The maximum atomic E-state index is 13.2. The van der Waals surface area contributed by atoms with E-state index >= 15 is 0 Å². The standard InChI is InChI=1S/C28H32F3NO5S/c1-20(17-27(2,3)4)15-26(33)32(19-24-8-6-14-36-24)18-21-10-12-23(13-11-21)37-38(34,35)25-9-5-7-22(16-25)28(29,30)31/h5-14,16,20H,15,17-19H2,1-4H3. The molecule has 0 aliphatic carbocycles. The van der Waals surface area contributed by atoms with Crippen LogP contribution in [0, 0.1) is 11.3 Å². The molecule has 206 valence electrons. The summed E-state index contributed by atoms with van der Waals surface area (Å²) in [5.41, 5.74) is -0.275. The Hall–Kier alpha value is -3.27. The summed E-state index contributed by atoms with van der Waals surface area (Å²) >= 11 is 0.